The van der Waals surface area contributed by atoms with Crippen molar-refractivity contribution >= 4 is 0 Å². The van der Waals surface area contributed by atoms with Gasteiger partial charge in [0.25, 0.3) is 0 Å². The van der Waals surface area contributed by atoms with E-state index in [0.29, 0.717) is 5.41 Å². The predicted molar refractivity (Wildman–Crippen MR) is 42.3 cm³/mol. The molecule has 2 bridgehead atoms. The summed E-state index contributed by atoms with van der Waals surface area (Å²) in [4.78, 5) is 0. The van der Waals surface area contributed by atoms with Crippen LogP contribution in [0.4, 0.5) is 0 Å². The van der Waals surface area contributed by atoms with Crippen LogP contribution in [0.25, 0.3) is 0 Å². The third-order valence-corrected chi connectivity index (χ3v) is 3.31. The monoisotopic (exact) mass is 137 g/mol. The lowest BCUT2D eigenvalue weighted by molar-refractivity contribution is 0.0294. The van der Waals surface area contributed by atoms with Gasteiger partial charge in [0.05, 0.1) is 0 Å². The van der Waals surface area contributed by atoms with Crippen LogP contribution in [0, 0.1) is 11.3 Å². The zero-order valence-corrected chi connectivity index (χ0v) is 6.40. The van der Waals surface area contributed by atoms with Crippen molar-refractivity contribution in [1.29, 1.82) is 0 Å². The van der Waals surface area contributed by atoms with Gasteiger partial charge in [-0.3, -0.25) is 0 Å². The Morgan fingerprint density at radius 2 is 2.20 bits per heavy atom. The molecule has 0 aliphatic heterocycles. The zero-order chi connectivity index (χ0) is 7.19. The first-order valence-electron chi connectivity index (χ1n) is 4.18. The molecule has 2 N–H and O–H groups in total. The Hall–Kier alpha value is -0.460. The number of nitrogens with two attached hydrogens (primary N) is 1. The molecule has 1 heteroatoms. The van der Waals surface area contributed by atoms with Gasteiger partial charge in [0, 0.05) is 11.1 Å². The van der Waals surface area contributed by atoms with Gasteiger partial charge in [-0.15, -0.1) is 0 Å². The number of fused-ring (bicyclic) bond motifs is 2. The molecule has 3 aliphatic carbocycles. The maximum atomic E-state index is 5.74. The molecule has 0 aromatic heterocycles. The molecule has 0 saturated heterocycles. The van der Waals surface area contributed by atoms with Gasteiger partial charge in [-0.1, -0.05) is 19.4 Å². The van der Waals surface area contributed by atoms with Crippen molar-refractivity contribution in [2.75, 3.05) is 0 Å². The highest BCUT2D eigenvalue weighted by Gasteiger charge is 2.47. The van der Waals surface area contributed by atoms with E-state index >= 15 is 0 Å². The Morgan fingerprint density at radius 3 is 2.50 bits per heavy atom. The Bertz CT molecular complexity index is 160. The van der Waals surface area contributed by atoms with Crippen LogP contribution in [0.15, 0.2) is 12.3 Å². The molecule has 56 valence electrons. The third-order valence-electron chi connectivity index (χ3n) is 3.31. The van der Waals surface area contributed by atoms with E-state index in [9.17, 15) is 0 Å². The summed E-state index contributed by atoms with van der Waals surface area (Å²) in [5.41, 5.74) is 7.10. The van der Waals surface area contributed by atoms with Gasteiger partial charge in [0.15, 0.2) is 0 Å². The van der Waals surface area contributed by atoms with E-state index in [1.165, 1.54) is 32.1 Å². The number of hydrogen-bond donors (Lipinski definition) is 1. The standard InChI is InChI=1S/C9H15N/c1-7(10)9-4-2-3-8(5-9)6-9/h8H,1-6,10H2. The topological polar surface area (TPSA) is 26.0 Å². The molecule has 0 aromatic rings. The molecule has 0 radical (unpaired) electrons. The van der Waals surface area contributed by atoms with E-state index in [0.717, 1.165) is 11.6 Å². The second kappa shape index (κ2) is 1.77. The largest absolute Gasteiger partial charge is 0.402 e. The van der Waals surface area contributed by atoms with Crippen LogP contribution in [0.5, 0.6) is 0 Å². The van der Waals surface area contributed by atoms with Gasteiger partial charge in [0.1, 0.15) is 0 Å². The smallest absolute Gasteiger partial charge is 0.00979 e. The Balaban J connectivity index is 2.12. The summed E-state index contributed by atoms with van der Waals surface area (Å²) >= 11 is 0. The molecular weight excluding hydrogens is 122 g/mol. The fraction of sp³-hybridized carbons (Fsp3) is 0.778. The summed E-state index contributed by atoms with van der Waals surface area (Å²) in [6.07, 6.45) is 6.79. The summed E-state index contributed by atoms with van der Waals surface area (Å²) < 4.78 is 0. The van der Waals surface area contributed by atoms with E-state index < -0.39 is 0 Å². The quantitative estimate of drug-likeness (QED) is 0.588. The highest BCUT2D eigenvalue weighted by molar-refractivity contribution is 5.15. The minimum atomic E-state index is 0.406. The molecule has 0 unspecified atom stereocenters. The Kier molecular flexibility index (Phi) is 1.11. The second-order valence-electron chi connectivity index (χ2n) is 3.97. The molecule has 10 heavy (non-hydrogen) atoms. The van der Waals surface area contributed by atoms with Crippen LogP contribution in [0.2, 0.25) is 0 Å². The lowest BCUT2D eigenvalue weighted by Crippen LogP contribution is -2.44. The van der Waals surface area contributed by atoms with Crippen LogP contribution in [0.1, 0.15) is 32.1 Å². The molecule has 0 amide bonds. The normalized spacial score (nSPS) is 44.2. The summed E-state index contributed by atoms with van der Waals surface area (Å²) in [7, 11) is 0. The number of rotatable bonds is 1. The fourth-order valence-corrected chi connectivity index (χ4v) is 2.61. The van der Waals surface area contributed by atoms with Gasteiger partial charge in [0.2, 0.25) is 0 Å². The van der Waals surface area contributed by atoms with Crippen LogP contribution >= 0.6 is 0 Å². The van der Waals surface area contributed by atoms with Crippen molar-refractivity contribution in [2.24, 2.45) is 17.1 Å². The van der Waals surface area contributed by atoms with Crippen molar-refractivity contribution in [2.45, 2.75) is 32.1 Å². The van der Waals surface area contributed by atoms with Crippen molar-refractivity contribution in [1.82, 2.24) is 0 Å². The van der Waals surface area contributed by atoms with Crippen molar-refractivity contribution in [3.63, 3.8) is 0 Å². The van der Waals surface area contributed by atoms with Crippen LogP contribution < -0.4 is 5.73 Å². The molecule has 0 heterocycles. The second-order valence-corrected chi connectivity index (χ2v) is 3.97. The average Bonchev–Trinajstić information content (AvgIpc) is 1.87. The van der Waals surface area contributed by atoms with Gasteiger partial charge < -0.3 is 5.73 Å². The van der Waals surface area contributed by atoms with Crippen molar-refractivity contribution in [3.8, 4) is 0 Å². The molecule has 0 atom stereocenters. The van der Waals surface area contributed by atoms with E-state index in [-0.39, 0.29) is 0 Å². The predicted octanol–water partition coefficient (Wildman–Crippen LogP) is 2.04. The van der Waals surface area contributed by atoms with E-state index in [4.69, 9.17) is 5.73 Å². The molecule has 0 spiro atoms. The zero-order valence-electron chi connectivity index (χ0n) is 6.40. The first kappa shape index (κ1) is 6.26. The summed E-state index contributed by atoms with van der Waals surface area (Å²) in [6, 6.07) is 0. The Morgan fingerprint density at radius 1 is 1.50 bits per heavy atom. The fourth-order valence-electron chi connectivity index (χ4n) is 2.61. The van der Waals surface area contributed by atoms with Gasteiger partial charge in [-0.2, -0.15) is 0 Å². The Labute approximate surface area is 62.3 Å². The SMILES string of the molecule is C=C(N)C12CCCC(C1)C2. The maximum absolute atomic E-state index is 5.74. The minimum Gasteiger partial charge on any atom is -0.402 e. The van der Waals surface area contributed by atoms with Gasteiger partial charge in [-0.05, 0) is 25.2 Å². The molecule has 3 fully saturated rings. The summed E-state index contributed by atoms with van der Waals surface area (Å²) in [6.45, 7) is 3.87. The van der Waals surface area contributed by atoms with Gasteiger partial charge >= 0.3 is 0 Å². The van der Waals surface area contributed by atoms with Crippen molar-refractivity contribution in [3.05, 3.63) is 12.3 Å². The molecule has 3 rings (SSSR count). The maximum Gasteiger partial charge on any atom is 0.00979 e. The molecule has 3 saturated carbocycles. The van der Waals surface area contributed by atoms with E-state index in [1.54, 1.807) is 0 Å². The minimum absolute atomic E-state index is 0.406. The molecule has 0 aromatic carbocycles. The number of allylic oxidation sites excluding steroid dienone is 1. The molecule has 3 aliphatic rings. The van der Waals surface area contributed by atoms with E-state index in [1.807, 2.05) is 0 Å². The van der Waals surface area contributed by atoms with Crippen LogP contribution in [-0.4, -0.2) is 0 Å². The van der Waals surface area contributed by atoms with E-state index in [2.05, 4.69) is 6.58 Å². The third kappa shape index (κ3) is 0.635. The first-order chi connectivity index (χ1) is 4.73. The molecular formula is C9H15N. The highest BCUT2D eigenvalue weighted by atomic mass is 14.7. The van der Waals surface area contributed by atoms with Crippen molar-refractivity contribution < 1.29 is 0 Å². The molecule has 1 nitrogen and oxygen atoms in total. The lowest BCUT2D eigenvalue weighted by atomic mass is 9.53. The highest BCUT2D eigenvalue weighted by Crippen LogP contribution is 2.57. The van der Waals surface area contributed by atoms with Crippen LogP contribution in [0.3, 0.4) is 0 Å². The summed E-state index contributed by atoms with van der Waals surface area (Å²) in [5, 5.41) is 0. The van der Waals surface area contributed by atoms with Gasteiger partial charge in [-0.25, -0.2) is 0 Å². The number of hydrogen-bond acceptors (Lipinski definition) is 1. The summed E-state index contributed by atoms with van der Waals surface area (Å²) in [5.74, 6) is 0.994. The first-order valence-corrected chi connectivity index (χ1v) is 4.18. The van der Waals surface area contributed by atoms with Crippen LogP contribution in [-0.2, 0) is 0 Å². The lowest BCUT2D eigenvalue weighted by Gasteiger charge is -2.52. The average molecular weight is 137 g/mol.